The maximum atomic E-state index is 8.76. The maximum Gasteiger partial charge on any atom is 0.0991 e. The molecule has 1 aromatic heterocycles. The number of pyridine rings is 1. The van der Waals surface area contributed by atoms with E-state index in [4.69, 9.17) is 5.26 Å². The molecule has 76 valence electrons. The zero-order valence-corrected chi connectivity index (χ0v) is 8.67. The summed E-state index contributed by atoms with van der Waals surface area (Å²) in [5.74, 6) is 0. The lowest BCUT2D eigenvalue weighted by molar-refractivity contribution is 1.30. The average Bonchev–Trinajstić information content (AvgIpc) is 2.38. The molecule has 2 heteroatoms. The van der Waals surface area contributed by atoms with Gasteiger partial charge in [-0.2, -0.15) is 5.26 Å². The van der Waals surface area contributed by atoms with Crippen LogP contribution in [-0.2, 0) is 0 Å². The lowest BCUT2D eigenvalue weighted by Crippen LogP contribution is -1.78. The SMILES string of the molecule is N#Cc1cccc(/C=C/c2ccccn2)c1. The molecule has 0 spiro atoms. The van der Waals surface area contributed by atoms with Crippen LogP contribution in [0.4, 0.5) is 0 Å². The highest BCUT2D eigenvalue weighted by atomic mass is 14.6. The number of hydrogen-bond acceptors (Lipinski definition) is 2. The van der Waals surface area contributed by atoms with Crippen LogP contribution in [-0.4, -0.2) is 4.98 Å². The van der Waals surface area contributed by atoms with Gasteiger partial charge in [-0.3, -0.25) is 4.98 Å². The number of rotatable bonds is 2. The van der Waals surface area contributed by atoms with Gasteiger partial charge in [0.1, 0.15) is 0 Å². The molecule has 1 aromatic carbocycles. The molecule has 2 rings (SSSR count). The predicted molar refractivity (Wildman–Crippen MR) is 64.3 cm³/mol. The molecule has 0 saturated heterocycles. The van der Waals surface area contributed by atoms with E-state index in [2.05, 4.69) is 11.1 Å². The van der Waals surface area contributed by atoms with Crippen LogP contribution in [0.2, 0.25) is 0 Å². The van der Waals surface area contributed by atoms with Crippen molar-refractivity contribution in [3.63, 3.8) is 0 Å². The molecule has 1 heterocycles. The molecular weight excluding hydrogens is 196 g/mol. The number of benzene rings is 1. The highest BCUT2D eigenvalue weighted by molar-refractivity contribution is 5.68. The topological polar surface area (TPSA) is 36.7 Å². The van der Waals surface area contributed by atoms with Crippen molar-refractivity contribution in [2.24, 2.45) is 0 Å². The first-order valence-corrected chi connectivity index (χ1v) is 4.98. The molecule has 0 atom stereocenters. The lowest BCUT2D eigenvalue weighted by Gasteiger charge is -1.94. The maximum absolute atomic E-state index is 8.76. The summed E-state index contributed by atoms with van der Waals surface area (Å²) in [5.41, 5.74) is 2.58. The van der Waals surface area contributed by atoms with Crippen molar-refractivity contribution in [2.75, 3.05) is 0 Å². The van der Waals surface area contributed by atoms with Crippen molar-refractivity contribution < 1.29 is 0 Å². The first kappa shape index (κ1) is 10.1. The lowest BCUT2D eigenvalue weighted by atomic mass is 10.1. The molecule has 16 heavy (non-hydrogen) atoms. The van der Waals surface area contributed by atoms with Gasteiger partial charge in [-0.25, -0.2) is 0 Å². The van der Waals surface area contributed by atoms with E-state index in [9.17, 15) is 0 Å². The molecular formula is C14H10N2. The number of aromatic nitrogens is 1. The van der Waals surface area contributed by atoms with E-state index in [-0.39, 0.29) is 0 Å². The number of nitrogens with zero attached hydrogens (tertiary/aromatic N) is 2. The zero-order valence-electron chi connectivity index (χ0n) is 8.67. The van der Waals surface area contributed by atoms with Gasteiger partial charge in [-0.1, -0.05) is 24.3 Å². The molecule has 0 saturated carbocycles. The second-order valence-electron chi connectivity index (χ2n) is 3.33. The van der Waals surface area contributed by atoms with E-state index in [1.807, 2.05) is 48.6 Å². The fourth-order valence-corrected chi connectivity index (χ4v) is 1.37. The summed E-state index contributed by atoms with van der Waals surface area (Å²) in [6.45, 7) is 0. The van der Waals surface area contributed by atoms with Gasteiger partial charge in [0.25, 0.3) is 0 Å². The second-order valence-corrected chi connectivity index (χ2v) is 3.33. The monoisotopic (exact) mass is 206 g/mol. The van der Waals surface area contributed by atoms with E-state index in [0.717, 1.165) is 11.3 Å². The Labute approximate surface area is 94.5 Å². The molecule has 2 nitrogen and oxygen atoms in total. The van der Waals surface area contributed by atoms with Crippen LogP contribution in [0, 0.1) is 11.3 Å². The third kappa shape index (κ3) is 2.55. The van der Waals surface area contributed by atoms with Gasteiger partial charge < -0.3 is 0 Å². The van der Waals surface area contributed by atoms with Crippen LogP contribution in [0.3, 0.4) is 0 Å². The molecule has 0 aliphatic carbocycles. The Morgan fingerprint density at radius 2 is 2.00 bits per heavy atom. The number of hydrogen-bond donors (Lipinski definition) is 0. The minimum absolute atomic E-state index is 0.670. The summed E-state index contributed by atoms with van der Waals surface area (Å²) >= 11 is 0. The molecule has 0 bridgehead atoms. The molecule has 0 aliphatic heterocycles. The summed E-state index contributed by atoms with van der Waals surface area (Å²) in [5, 5.41) is 8.76. The van der Waals surface area contributed by atoms with Gasteiger partial charge >= 0.3 is 0 Å². The Bertz CT molecular complexity index is 536. The van der Waals surface area contributed by atoms with Crippen LogP contribution >= 0.6 is 0 Å². The first-order chi connectivity index (χ1) is 7.88. The van der Waals surface area contributed by atoms with Crippen molar-refractivity contribution in [1.29, 1.82) is 5.26 Å². The second kappa shape index (κ2) is 4.90. The average molecular weight is 206 g/mol. The summed E-state index contributed by atoms with van der Waals surface area (Å²) in [4.78, 5) is 4.18. The normalized spacial score (nSPS) is 10.2. The van der Waals surface area contributed by atoms with E-state index >= 15 is 0 Å². The van der Waals surface area contributed by atoms with Crippen LogP contribution in [0.25, 0.3) is 12.2 Å². The Kier molecular flexibility index (Phi) is 3.10. The van der Waals surface area contributed by atoms with Gasteiger partial charge in [-0.15, -0.1) is 0 Å². The van der Waals surface area contributed by atoms with Crippen molar-refractivity contribution in [1.82, 2.24) is 4.98 Å². The Hall–Kier alpha value is -2.40. The third-order valence-electron chi connectivity index (χ3n) is 2.15. The van der Waals surface area contributed by atoms with Crippen LogP contribution in [0.5, 0.6) is 0 Å². The Morgan fingerprint density at radius 3 is 2.75 bits per heavy atom. The minimum atomic E-state index is 0.670. The minimum Gasteiger partial charge on any atom is -0.257 e. The highest BCUT2D eigenvalue weighted by Crippen LogP contribution is 2.08. The fourth-order valence-electron chi connectivity index (χ4n) is 1.37. The molecule has 0 N–H and O–H groups in total. The molecule has 0 unspecified atom stereocenters. The van der Waals surface area contributed by atoms with Crippen molar-refractivity contribution in [2.45, 2.75) is 0 Å². The summed E-state index contributed by atoms with van der Waals surface area (Å²) in [7, 11) is 0. The summed E-state index contributed by atoms with van der Waals surface area (Å²) in [6.07, 6.45) is 5.63. The standard InChI is InChI=1S/C14H10N2/c15-11-13-5-3-4-12(10-13)7-8-14-6-1-2-9-16-14/h1-10H/b8-7+. The molecule has 0 amide bonds. The van der Waals surface area contributed by atoms with E-state index < -0.39 is 0 Å². The van der Waals surface area contributed by atoms with Crippen molar-refractivity contribution >= 4 is 12.2 Å². The van der Waals surface area contributed by atoms with Gasteiger partial charge in [0.05, 0.1) is 17.3 Å². The molecule has 0 fully saturated rings. The van der Waals surface area contributed by atoms with E-state index in [0.29, 0.717) is 5.56 Å². The fraction of sp³-hybridized carbons (Fsp3) is 0. The van der Waals surface area contributed by atoms with Crippen LogP contribution in [0.15, 0.2) is 48.7 Å². The van der Waals surface area contributed by atoms with E-state index in [1.165, 1.54) is 0 Å². The molecule has 0 radical (unpaired) electrons. The zero-order chi connectivity index (χ0) is 11.2. The van der Waals surface area contributed by atoms with Gasteiger partial charge in [0.2, 0.25) is 0 Å². The summed E-state index contributed by atoms with van der Waals surface area (Å²) < 4.78 is 0. The highest BCUT2D eigenvalue weighted by Gasteiger charge is 1.91. The van der Waals surface area contributed by atoms with Crippen LogP contribution < -0.4 is 0 Å². The Balaban J connectivity index is 2.21. The predicted octanol–water partition coefficient (Wildman–Crippen LogP) is 3.12. The van der Waals surface area contributed by atoms with Crippen molar-refractivity contribution in [3.8, 4) is 6.07 Å². The largest absolute Gasteiger partial charge is 0.257 e. The molecule has 0 aliphatic rings. The summed E-state index contributed by atoms with van der Waals surface area (Å²) in [6, 6.07) is 15.3. The van der Waals surface area contributed by atoms with Crippen molar-refractivity contribution in [3.05, 3.63) is 65.5 Å². The molecule has 2 aromatic rings. The van der Waals surface area contributed by atoms with Gasteiger partial charge in [-0.05, 0) is 35.9 Å². The third-order valence-corrected chi connectivity index (χ3v) is 2.15. The smallest absolute Gasteiger partial charge is 0.0991 e. The Morgan fingerprint density at radius 1 is 1.06 bits per heavy atom. The van der Waals surface area contributed by atoms with Gasteiger partial charge in [0.15, 0.2) is 0 Å². The first-order valence-electron chi connectivity index (χ1n) is 4.98. The number of nitriles is 1. The van der Waals surface area contributed by atoms with Crippen LogP contribution in [0.1, 0.15) is 16.8 Å². The van der Waals surface area contributed by atoms with E-state index in [1.54, 1.807) is 12.3 Å². The van der Waals surface area contributed by atoms with Gasteiger partial charge in [0, 0.05) is 6.20 Å². The quantitative estimate of drug-likeness (QED) is 0.756.